The summed E-state index contributed by atoms with van der Waals surface area (Å²) < 4.78 is 7.41. The molecule has 2 aromatic rings. The molecule has 2 fully saturated rings. The molecule has 0 spiro atoms. The van der Waals surface area contributed by atoms with E-state index in [1.54, 1.807) is 6.07 Å². The average molecular weight is 488 g/mol. The van der Waals surface area contributed by atoms with Gasteiger partial charge in [-0.25, -0.2) is 0 Å². The molecular weight excluding hydrogens is 476 g/mol. The molecule has 2 aliphatic carbocycles. The number of fused-ring (bicyclic) bond motifs is 1. The summed E-state index contributed by atoms with van der Waals surface area (Å²) in [6.45, 7) is 0. The van der Waals surface area contributed by atoms with Gasteiger partial charge in [0, 0.05) is 16.5 Å². The first-order chi connectivity index (χ1) is 11.1. The van der Waals surface area contributed by atoms with Gasteiger partial charge in [0.1, 0.15) is 5.76 Å². The number of halogens is 2. The van der Waals surface area contributed by atoms with Crippen molar-refractivity contribution in [3.05, 3.63) is 107 Å². The van der Waals surface area contributed by atoms with Crippen molar-refractivity contribution in [1.82, 2.24) is 0 Å². The topological polar surface area (TPSA) is 30.2 Å². The minimum absolute atomic E-state index is 0. The van der Waals surface area contributed by atoms with E-state index in [1.807, 2.05) is 63.9 Å². The zero-order chi connectivity index (χ0) is 16.2. The summed E-state index contributed by atoms with van der Waals surface area (Å²) in [6, 6.07) is 5.15. The number of hydrogen-bond acceptors (Lipinski definition) is 2. The van der Waals surface area contributed by atoms with Crippen LogP contribution in [-0.4, -0.2) is 0 Å². The standard InChI is InChI=1S/C14H7Br2O2.C5H5.Fe/c15-9-5-10-12(17)7-13(8-3-1-2-4-8)18-14(10)11(16)6-9;1-2-4-5-3-1;/h1-7H;1-5H;/q;;+2. The molecule has 1 aromatic heterocycles. The molecular formula is C19H12Br2FeO2+2. The number of rotatable bonds is 1. The number of hydrogen-bond donors (Lipinski definition) is 0. The third-order valence-electron chi connectivity index (χ3n) is 3.25. The average Bonchev–Trinajstić information content (AvgIpc) is 3.24. The van der Waals surface area contributed by atoms with Gasteiger partial charge < -0.3 is 4.42 Å². The Hall–Kier alpha value is -0.0905. The Kier molecular flexibility index (Phi) is 8.06. The Morgan fingerprint density at radius 1 is 0.792 bits per heavy atom. The molecule has 2 aliphatic rings. The maximum atomic E-state index is 12.1. The zero-order valence-corrected chi connectivity index (χ0v) is 16.6. The van der Waals surface area contributed by atoms with Crippen molar-refractivity contribution in [1.29, 1.82) is 0 Å². The van der Waals surface area contributed by atoms with Crippen LogP contribution in [0.4, 0.5) is 0 Å². The first kappa shape index (κ1) is 20.2. The molecule has 0 bridgehead atoms. The second kappa shape index (κ2) is 9.56. The molecule has 1 heterocycles. The van der Waals surface area contributed by atoms with Crippen LogP contribution < -0.4 is 5.43 Å². The summed E-state index contributed by atoms with van der Waals surface area (Å²) in [6.07, 6.45) is 17.7. The monoisotopic (exact) mass is 486 g/mol. The molecule has 0 unspecified atom stereocenters. The second-order valence-electron chi connectivity index (χ2n) is 4.88. The van der Waals surface area contributed by atoms with Crippen LogP contribution in [-0.2, 0) is 17.1 Å². The molecule has 4 rings (SSSR count). The van der Waals surface area contributed by atoms with Gasteiger partial charge in [-0.05, 0) is 85.9 Å². The van der Waals surface area contributed by atoms with Crippen LogP contribution >= 0.6 is 31.9 Å². The van der Waals surface area contributed by atoms with Gasteiger partial charge in [-0.1, -0.05) is 15.9 Å². The van der Waals surface area contributed by atoms with Crippen LogP contribution in [0.25, 0.3) is 11.0 Å². The van der Waals surface area contributed by atoms with Crippen molar-refractivity contribution in [2.45, 2.75) is 0 Å². The van der Waals surface area contributed by atoms with Gasteiger partial charge in [-0.3, -0.25) is 4.79 Å². The molecule has 0 amide bonds. The van der Waals surface area contributed by atoms with Crippen LogP contribution in [0.5, 0.6) is 0 Å². The summed E-state index contributed by atoms with van der Waals surface area (Å²) in [4.78, 5) is 12.1. The molecule has 0 saturated heterocycles. The van der Waals surface area contributed by atoms with Crippen molar-refractivity contribution >= 4 is 42.8 Å². The Morgan fingerprint density at radius 3 is 1.96 bits per heavy atom. The van der Waals surface area contributed by atoms with Crippen molar-refractivity contribution in [2.24, 2.45) is 0 Å². The Labute approximate surface area is 170 Å². The molecule has 0 aliphatic heterocycles. The van der Waals surface area contributed by atoms with Crippen molar-refractivity contribution in [3.63, 3.8) is 0 Å². The van der Waals surface area contributed by atoms with Crippen LogP contribution in [0, 0.1) is 63.7 Å². The van der Waals surface area contributed by atoms with Gasteiger partial charge >= 0.3 is 17.1 Å². The van der Waals surface area contributed by atoms with E-state index in [0.29, 0.717) is 16.7 Å². The largest absolute Gasteiger partial charge is 2.00 e. The van der Waals surface area contributed by atoms with E-state index in [2.05, 4.69) is 31.9 Å². The molecule has 2 nitrogen and oxygen atoms in total. The molecule has 24 heavy (non-hydrogen) atoms. The van der Waals surface area contributed by atoms with Crippen molar-refractivity contribution in [3.8, 4) is 0 Å². The summed E-state index contributed by atoms with van der Waals surface area (Å²) >= 11 is 6.78. The van der Waals surface area contributed by atoms with Gasteiger partial charge in [-0.2, -0.15) is 0 Å². The van der Waals surface area contributed by atoms with Gasteiger partial charge in [0.2, 0.25) is 0 Å². The van der Waals surface area contributed by atoms with Gasteiger partial charge in [-0.15, -0.1) is 0 Å². The fourth-order valence-electron chi connectivity index (χ4n) is 2.18. The molecule has 10 radical (unpaired) electrons. The predicted octanol–water partition coefficient (Wildman–Crippen LogP) is 5.09. The van der Waals surface area contributed by atoms with E-state index in [1.165, 1.54) is 6.07 Å². The molecule has 2 saturated carbocycles. The summed E-state index contributed by atoms with van der Waals surface area (Å²) in [5.74, 6) is 1.49. The summed E-state index contributed by atoms with van der Waals surface area (Å²) in [7, 11) is 0. The van der Waals surface area contributed by atoms with Gasteiger partial charge in [0.05, 0.1) is 9.86 Å². The quantitative estimate of drug-likeness (QED) is 0.524. The Morgan fingerprint density at radius 2 is 1.38 bits per heavy atom. The molecule has 5 heteroatoms. The number of benzene rings is 1. The maximum absolute atomic E-state index is 12.1. The van der Waals surface area contributed by atoms with Crippen LogP contribution in [0.1, 0.15) is 5.76 Å². The van der Waals surface area contributed by atoms with Crippen LogP contribution in [0.2, 0.25) is 0 Å². The first-order valence-corrected chi connectivity index (χ1v) is 8.55. The fourth-order valence-corrected chi connectivity index (χ4v) is 3.49. The van der Waals surface area contributed by atoms with Gasteiger partial charge in [0.25, 0.3) is 0 Å². The third kappa shape index (κ3) is 4.97. The molecule has 0 N–H and O–H groups in total. The smallest absolute Gasteiger partial charge is 0.459 e. The summed E-state index contributed by atoms with van der Waals surface area (Å²) in [5.41, 5.74) is 0.524. The van der Waals surface area contributed by atoms with E-state index in [4.69, 9.17) is 4.42 Å². The van der Waals surface area contributed by atoms with E-state index in [9.17, 15) is 4.79 Å². The molecule has 1 aromatic carbocycles. The summed E-state index contributed by atoms with van der Waals surface area (Å²) in [5, 5.41) is 0.562. The zero-order valence-electron chi connectivity index (χ0n) is 12.4. The minimum atomic E-state index is -0.0468. The van der Waals surface area contributed by atoms with Crippen LogP contribution in [0.3, 0.4) is 0 Å². The minimum Gasteiger partial charge on any atom is -0.459 e. The Bertz CT molecular complexity index is 724. The van der Waals surface area contributed by atoms with Crippen molar-refractivity contribution < 1.29 is 21.5 Å². The third-order valence-corrected chi connectivity index (χ3v) is 4.30. The second-order valence-corrected chi connectivity index (χ2v) is 6.65. The van der Waals surface area contributed by atoms with E-state index in [-0.39, 0.29) is 22.5 Å². The first-order valence-electron chi connectivity index (χ1n) is 6.97. The normalized spacial score (nSPS) is 17.4. The van der Waals surface area contributed by atoms with E-state index < -0.39 is 0 Å². The van der Waals surface area contributed by atoms with Gasteiger partial charge in [0.15, 0.2) is 11.0 Å². The maximum Gasteiger partial charge on any atom is 2.00 e. The fraction of sp³-hybridized carbons (Fsp3) is 0. The van der Waals surface area contributed by atoms with Crippen molar-refractivity contribution in [2.75, 3.05) is 0 Å². The predicted molar refractivity (Wildman–Crippen MR) is 98.9 cm³/mol. The Balaban J connectivity index is 0.000000300. The van der Waals surface area contributed by atoms with E-state index in [0.717, 1.165) is 14.9 Å². The van der Waals surface area contributed by atoms with E-state index >= 15 is 0 Å². The van der Waals surface area contributed by atoms with Crippen LogP contribution in [0.15, 0.2) is 36.4 Å². The molecule has 0 atom stereocenters. The SMILES string of the molecule is O=c1cc([C]2[CH][CH][CH][CH]2)oc2c(Br)cc(Br)cc12.[CH]1[CH][CH][CH][CH]1.[Fe+2]. The molecule has 120 valence electrons.